The predicted octanol–water partition coefficient (Wildman–Crippen LogP) is 6.41. The molecule has 2 heterocycles. The lowest BCUT2D eigenvalue weighted by molar-refractivity contribution is -0.119. The van der Waals surface area contributed by atoms with Crippen molar-refractivity contribution in [2.75, 3.05) is 30.1 Å². The molecule has 1 amide bonds. The molecule has 3 aromatic rings. The number of aromatic nitrogens is 1. The Morgan fingerprint density at radius 1 is 1.23 bits per heavy atom. The van der Waals surface area contributed by atoms with Crippen molar-refractivity contribution in [2.45, 2.75) is 48.5 Å². The zero-order valence-electron chi connectivity index (χ0n) is 18.0. The Balaban J connectivity index is 1.42. The summed E-state index contributed by atoms with van der Waals surface area (Å²) in [5, 5.41) is 0.792. The second kappa shape index (κ2) is 10.9. The molecule has 1 saturated heterocycles. The highest BCUT2D eigenvalue weighted by molar-refractivity contribution is 7.99. The molecule has 0 saturated carbocycles. The van der Waals surface area contributed by atoms with Crippen molar-refractivity contribution in [3.05, 3.63) is 48.0 Å². The Hall–Kier alpha value is -1.54. The molecular weight excluding hydrogens is 444 g/mol. The minimum Gasteiger partial charge on any atom is -0.376 e. The van der Waals surface area contributed by atoms with Crippen molar-refractivity contribution < 1.29 is 9.53 Å². The number of aryl methyl sites for hydroxylation is 1. The minimum atomic E-state index is 0.111. The van der Waals surface area contributed by atoms with E-state index in [0.717, 1.165) is 47.0 Å². The zero-order chi connectivity index (χ0) is 21.6. The maximum absolute atomic E-state index is 13.2. The number of thiazole rings is 1. The summed E-state index contributed by atoms with van der Waals surface area (Å²) in [6.07, 6.45) is 5.63. The van der Waals surface area contributed by atoms with Crippen LogP contribution in [0.5, 0.6) is 0 Å². The van der Waals surface area contributed by atoms with Crippen LogP contribution in [0.4, 0.5) is 5.13 Å². The van der Waals surface area contributed by atoms with Crippen LogP contribution in [0.15, 0.2) is 52.3 Å². The van der Waals surface area contributed by atoms with Gasteiger partial charge in [0.15, 0.2) is 5.13 Å². The molecule has 1 fully saturated rings. The standard InChI is InChI=1S/C24H28N2O2S3/c1-17-7-9-19(10-8-17)30-14-4-6-23(27)26(16-18-5-3-13-28-18)24-25-21-12-11-20(29-2)15-22(21)31-24/h7-12,15,18H,3-6,13-14,16H2,1-2H3. The van der Waals surface area contributed by atoms with E-state index in [1.165, 1.54) is 15.4 Å². The smallest absolute Gasteiger partial charge is 0.228 e. The third kappa shape index (κ3) is 6.04. The fourth-order valence-corrected chi connectivity index (χ4v) is 6.00. The van der Waals surface area contributed by atoms with Gasteiger partial charge < -0.3 is 4.74 Å². The first-order valence-electron chi connectivity index (χ1n) is 10.7. The average Bonchev–Trinajstić information content (AvgIpc) is 3.45. The zero-order valence-corrected chi connectivity index (χ0v) is 20.5. The third-order valence-corrected chi connectivity index (χ3v) is 8.22. The number of rotatable bonds is 9. The van der Waals surface area contributed by atoms with Gasteiger partial charge in [0, 0.05) is 22.8 Å². The van der Waals surface area contributed by atoms with Crippen LogP contribution in [0.25, 0.3) is 10.2 Å². The van der Waals surface area contributed by atoms with E-state index >= 15 is 0 Å². The Kier molecular flexibility index (Phi) is 7.93. The van der Waals surface area contributed by atoms with Gasteiger partial charge in [-0.2, -0.15) is 0 Å². The number of amides is 1. The number of nitrogens with zero attached hydrogens (tertiary/aromatic N) is 2. The lowest BCUT2D eigenvalue weighted by Gasteiger charge is -2.23. The van der Waals surface area contributed by atoms with Gasteiger partial charge in [0.1, 0.15) is 0 Å². The van der Waals surface area contributed by atoms with Crippen LogP contribution in [0.2, 0.25) is 0 Å². The quantitative estimate of drug-likeness (QED) is 0.266. The van der Waals surface area contributed by atoms with E-state index in [1.807, 2.05) is 22.7 Å². The molecular formula is C24H28N2O2S3. The Bertz CT molecular complexity index is 1010. The summed E-state index contributed by atoms with van der Waals surface area (Å²) in [5.74, 6) is 1.07. The molecule has 0 N–H and O–H groups in total. The monoisotopic (exact) mass is 472 g/mol. The van der Waals surface area contributed by atoms with Crippen LogP contribution in [0.3, 0.4) is 0 Å². The summed E-state index contributed by atoms with van der Waals surface area (Å²) in [7, 11) is 0. The maximum atomic E-state index is 13.2. The van der Waals surface area contributed by atoms with Crippen molar-refractivity contribution in [1.82, 2.24) is 4.98 Å². The van der Waals surface area contributed by atoms with E-state index < -0.39 is 0 Å². The van der Waals surface area contributed by atoms with Crippen molar-refractivity contribution in [2.24, 2.45) is 0 Å². The maximum Gasteiger partial charge on any atom is 0.228 e. The van der Waals surface area contributed by atoms with Crippen LogP contribution in [-0.2, 0) is 9.53 Å². The number of carbonyl (C=O) groups is 1. The highest BCUT2D eigenvalue weighted by atomic mass is 32.2. The van der Waals surface area contributed by atoms with Gasteiger partial charge in [-0.15, -0.1) is 23.5 Å². The van der Waals surface area contributed by atoms with Crippen molar-refractivity contribution in [1.29, 1.82) is 0 Å². The molecule has 0 radical (unpaired) electrons. The number of fused-ring (bicyclic) bond motifs is 1. The molecule has 4 nitrogen and oxygen atoms in total. The topological polar surface area (TPSA) is 42.4 Å². The molecule has 1 aliphatic rings. The highest BCUT2D eigenvalue weighted by Crippen LogP contribution is 2.33. The lowest BCUT2D eigenvalue weighted by atomic mass is 10.2. The van der Waals surface area contributed by atoms with Gasteiger partial charge in [-0.25, -0.2) is 4.98 Å². The molecule has 4 rings (SSSR count). The van der Waals surface area contributed by atoms with Crippen LogP contribution in [0.1, 0.15) is 31.2 Å². The second-order valence-electron chi connectivity index (χ2n) is 7.73. The summed E-state index contributed by atoms with van der Waals surface area (Å²) in [6.45, 7) is 3.48. The van der Waals surface area contributed by atoms with Gasteiger partial charge >= 0.3 is 0 Å². The summed E-state index contributed by atoms with van der Waals surface area (Å²) < 4.78 is 6.96. The number of anilines is 1. The normalized spacial score (nSPS) is 16.1. The molecule has 1 aliphatic heterocycles. The highest BCUT2D eigenvalue weighted by Gasteiger charge is 2.26. The van der Waals surface area contributed by atoms with Crippen LogP contribution >= 0.6 is 34.9 Å². The lowest BCUT2D eigenvalue weighted by Crippen LogP contribution is -2.37. The molecule has 0 spiro atoms. The third-order valence-electron chi connectivity index (χ3n) is 5.35. The molecule has 31 heavy (non-hydrogen) atoms. The van der Waals surface area contributed by atoms with E-state index in [4.69, 9.17) is 9.72 Å². The van der Waals surface area contributed by atoms with Gasteiger partial charge in [0.25, 0.3) is 0 Å². The van der Waals surface area contributed by atoms with Crippen molar-refractivity contribution in [3.63, 3.8) is 0 Å². The van der Waals surface area contributed by atoms with E-state index in [0.29, 0.717) is 13.0 Å². The first-order valence-corrected chi connectivity index (χ1v) is 13.7. The molecule has 1 unspecified atom stereocenters. The van der Waals surface area contributed by atoms with E-state index in [9.17, 15) is 4.79 Å². The van der Waals surface area contributed by atoms with Gasteiger partial charge in [-0.05, 0) is 68.5 Å². The molecule has 0 aliphatic carbocycles. The van der Waals surface area contributed by atoms with Crippen LogP contribution in [0, 0.1) is 6.92 Å². The predicted molar refractivity (Wildman–Crippen MR) is 134 cm³/mol. The average molecular weight is 473 g/mol. The van der Waals surface area contributed by atoms with Gasteiger partial charge in [0.05, 0.1) is 22.9 Å². The minimum absolute atomic E-state index is 0.111. The Morgan fingerprint density at radius 3 is 2.77 bits per heavy atom. The molecule has 1 atom stereocenters. The number of ether oxygens (including phenoxy) is 1. The largest absolute Gasteiger partial charge is 0.376 e. The molecule has 164 valence electrons. The van der Waals surface area contributed by atoms with Gasteiger partial charge in [0.2, 0.25) is 5.91 Å². The first kappa shape index (κ1) is 22.6. The summed E-state index contributed by atoms with van der Waals surface area (Å²) in [4.78, 5) is 22.3. The van der Waals surface area contributed by atoms with E-state index in [-0.39, 0.29) is 12.0 Å². The first-order chi connectivity index (χ1) is 15.1. The van der Waals surface area contributed by atoms with Crippen molar-refractivity contribution in [3.8, 4) is 0 Å². The summed E-state index contributed by atoms with van der Waals surface area (Å²) >= 11 is 5.13. The van der Waals surface area contributed by atoms with Gasteiger partial charge in [-0.3, -0.25) is 9.69 Å². The SMILES string of the molecule is CSc1ccc2nc(N(CC3CCCO3)C(=O)CCCSc3ccc(C)cc3)sc2c1. The Labute approximate surface area is 196 Å². The van der Waals surface area contributed by atoms with Crippen molar-refractivity contribution >= 4 is 56.1 Å². The number of benzene rings is 2. The molecule has 2 aromatic carbocycles. The number of thioether (sulfide) groups is 2. The van der Waals surface area contributed by atoms with Crippen LogP contribution < -0.4 is 4.90 Å². The fourth-order valence-electron chi connectivity index (χ4n) is 3.60. The fraction of sp³-hybridized carbons (Fsp3) is 0.417. The van der Waals surface area contributed by atoms with Gasteiger partial charge in [-0.1, -0.05) is 29.0 Å². The Morgan fingerprint density at radius 2 is 2.03 bits per heavy atom. The molecule has 7 heteroatoms. The van der Waals surface area contributed by atoms with E-state index in [2.05, 4.69) is 49.6 Å². The number of carbonyl (C=O) groups excluding carboxylic acids is 1. The summed E-state index contributed by atoms with van der Waals surface area (Å²) in [6, 6.07) is 14.9. The molecule has 1 aromatic heterocycles. The molecule has 0 bridgehead atoms. The van der Waals surface area contributed by atoms with E-state index in [1.54, 1.807) is 23.1 Å². The number of hydrogen-bond donors (Lipinski definition) is 0. The number of hydrogen-bond acceptors (Lipinski definition) is 6. The summed E-state index contributed by atoms with van der Waals surface area (Å²) in [5.41, 5.74) is 2.22. The second-order valence-corrected chi connectivity index (χ2v) is 10.8. The van der Waals surface area contributed by atoms with Crippen LogP contribution in [-0.4, -0.2) is 42.2 Å².